The molecule has 0 aromatic heterocycles. The molecule has 0 saturated heterocycles. The van der Waals surface area contributed by atoms with Crippen LogP contribution in [0.3, 0.4) is 0 Å². The van der Waals surface area contributed by atoms with Crippen molar-refractivity contribution in [3.05, 3.63) is 112 Å². The topological polar surface area (TPSA) is 35.5 Å². The van der Waals surface area contributed by atoms with Crippen LogP contribution in [0.1, 0.15) is 27.0 Å². The zero-order valence-corrected chi connectivity index (χ0v) is 18.6. The Morgan fingerprint density at radius 1 is 1.00 bits per heavy atom. The molecule has 0 N–H and O–H groups in total. The van der Waals surface area contributed by atoms with Gasteiger partial charge in [-0.2, -0.15) is 0 Å². The Labute approximate surface area is 192 Å². The molecular formula is C26H22Cl2O3. The minimum Gasteiger partial charge on any atom is -0.496 e. The predicted molar refractivity (Wildman–Crippen MR) is 127 cm³/mol. The van der Waals surface area contributed by atoms with Crippen molar-refractivity contribution in [3.63, 3.8) is 0 Å². The highest BCUT2D eigenvalue weighted by atomic mass is 35.5. The number of allylic oxidation sites excluding steroid dienone is 2. The van der Waals surface area contributed by atoms with Crippen LogP contribution in [-0.2, 0) is 13.0 Å². The summed E-state index contributed by atoms with van der Waals surface area (Å²) in [7, 11) is 1.62. The highest BCUT2D eigenvalue weighted by molar-refractivity contribution is 6.37. The van der Waals surface area contributed by atoms with Gasteiger partial charge in [-0.1, -0.05) is 59.6 Å². The van der Waals surface area contributed by atoms with Crippen molar-refractivity contribution in [1.82, 2.24) is 0 Å². The van der Waals surface area contributed by atoms with Gasteiger partial charge in [-0.05, 0) is 60.0 Å². The molecule has 0 aliphatic rings. The van der Waals surface area contributed by atoms with Gasteiger partial charge in [-0.15, -0.1) is 6.58 Å². The van der Waals surface area contributed by atoms with Gasteiger partial charge >= 0.3 is 0 Å². The molecule has 0 spiro atoms. The third kappa shape index (κ3) is 6.00. The molecule has 3 aromatic rings. The zero-order valence-electron chi connectivity index (χ0n) is 17.1. The number of para-hydroxylation sites is 1. The molecule has 0 aliphatic heterocycles. The molecule has 0 atom stereocenters. The lowest BCUT2D eigenvalue weighted by molar-refractivity contribution is 0.104. The summed E-state index contributed by atoms with van der Waals surface area (Å²) in [5.41, 5.74) is 3.18. The number of hydrogen-bond acceptors (Lipinski definition) is 3. The molecule has 31 heavy (non-hydrogen) atoms. The van der Waals surface area contributed by atoms with Crippen molar-refractivity contribution in [2.24, 2.45) is 0 Å². The first-order chi connectivity index (χ1) is 15.0. The lowest BCUT2D eigenvalue weighted by atomic mass is 10.1. The van der Waals surface area contributed by atoms with Crippen molar-refractivity contribution in [1.29, 1.82) is 0 Å². The van der Waals surface area contributed by atoms with Crippen molar-refractivity contribution in [2.45, 2.75) is 13.0 Å². The third-order valence-corrected chi connectivity index (χ3v) is 5.20. The lowest BCUT2D eigenvalue weighted by Gasteiger charge is -2.13. The Kier molecular flexibility index (Phi) is 7.94. The van der Waals surface area contributed by atoms with Crippen LogP contribution in [-0.4, -0.2) is 12.9 Å². The summed E-state index contributed by atoms with van der Waals surface area (Å²) in [4.78, 5) is 12.5. The standard InChI is InChI=1S/C26H22Cl2O3/c1-3-6-19-7-4-5-8-26(19)31-17-20-15-18(10-14-25(20)30-2)9-13-24(29)22-12-11-21(27)16-23(22)28/h3-5,7-16H,1,6,17H2,2H3/b13-9+. The zero-order chi connectivity index (χ0) is 22.2. The van der Waals surface area contributed by atoms with Gasteiger partial charge in [-0.3, -0.25) is 4.79 Å². The Balaban J connectivity index is 1.78. The second kappa shape index (κ2) is 10.9. The number of carbonyl (C=O) groups is 1. The number of hydrogen-bond donors (Lipinski definition) is 0. The fraction of sp³-hybridized carbons (Fsp3) is 0.115. The minimum absolute atomic E-state index is 0.200. The summed E-state index contributed by atoms with van der Waals surface area (Å²) in [6.07, 6.45) is 5.80. The molecule has 3 nitrogen and oxygen atoms in total. The largest absolute Gasteiger partial charge is 0.496 e. The van der Waals surface area contributed by atoms with Gasteiger partial charge in [0.2, 0.25) is 0 Å². The summed E-state index contributed by atoms with van der Waals surface area (Å²) in [6, 6.07) is 18.3. The van der Waals surface area contributed by atoms with Crippen molar-refractivity contribution in [3.8, 4) is 11.5 Å². The third-order valence-electron chi connectivity index (χ3n) is 4.65. The van der Waals surface area contributed by atoms with E-state index in [0.717, 1.165) is 28.9 Å². The molecule has 158 valence electrons. The van der Waals surface area contributed by atoms with Crippen LogP contribution in [0, 0.1) is 0 Å². The first-order valence-electron chi connectivity index (χ1n) is 9.67. The van der Waals surface area contributed by atoms with Crippen LogP contribution in [0.25, 0.3) is 6.08 Å². The molecular weight excluding hydrogens is 431 g/mol. The molecule has 0 aliphatic carbocycles. The van der Waals surface area contributed by atoms with E-state index in [4.69, 9.17) is 32.7 Å². The Hall–Kier alpha value is -3.01. The maximum absolute atomic E-state index is 12.5. The summed E-state index contributed by atoms with van der Waals surface area (Å²) in [6.45, 7) is 4.12. The number of rotatable bonds is 9. The number of benzene rings is 3. The van der Waals surface area contributed by atoms with Crippen LogP contribution < -0.4 is 9.47 Å². The van der Waals surface area contributed by atoms with Gasteiger partial charge in [0.25, 0.3) is 0 Å². The van der Waals surface area contributed by atoms with Gasteiger partial charge in [0, 0.05) is 16.1 Å². The van der Waals surface area contributed by atoms with E-state index in [9.17, 15) is 4.79 Å². The lowest BCUT2D eigenvalue weighted by Crippen LogP contribution is -2.01. The highest BCUT2D eigenvalue weighted by Gasteiger charge is 2.09. The van der Waals surface area contributed by atoms with Gasteiger partial charge in [0.05, 0.1) is 12.1 Å². The number of ketones is 1. The molecule has 3 rings (SSSR count). The Morgan fingerprint density at radius 3 is 2.55 bits per heavy atom. The molecule has 0 bridgehead atoms. The van der Waals surface area contributed by atoms with E-state index in [-0.39, 0.29) is 5.78 Å². The SMILES string of the molecule is C=CCc1ccccc1OCc1cc(/C=C/C(=O)c2ccc(Cl)cc2Cl)ccc1OC. The first kappa shape index (κ1) is 22.7. The maximum atomic E-state index is 12.5. The van der Waals surface area contributed by atoms with E-state index < -0.39 is 0 Å². The molecule has 0 heterocycles. The molecule has 3 aromatic carbocycles. The fourth-order valence-electron chi connectivity index (χ4n) is 3.09. The minimum atomic E-state index is -0.200. The summed E-state index contributed by atoms with van der Waals surface area (Å²) in [5, 5.41) is 0.809. The maximum Gasteiger partial charge on any atom is 0.187 e. The van der Waals surface area contributed by atoms with Crippen LogP contribution in [0.2, 0.25) is 10.0 Å². The van der Waals surface area contributed by atoms with E-state index >= 15 is 0 Å². The molecule has 0 saturated carbocycles. The van der Waals surface area contributed by atoms with E-state index in [2.05, 4.69) is 6.58 Å². The second-order valence-corrected chi connectivity index (χ2v) is 7.63. The number of carbonyl (C=O) groups excluding carboxylic acids is 1. The smallest absolute Gasteiger partial charge is 0.187 e. The fourth-order valence-corrected chi connectivity index (χ4v) is 3.59. The van der Waals surface area contributed by atoms with Crippen LogP contribution in [0.5, 0.6) is 11.5 Å². The van der Waals surface area contributed by atoms with Crippen molar-refractivity contribution in [2.75, 3.05) is 7.11 Å². The summed E-state index contributed by atoms with van der Waals surface area (Å²) >= 11 is 12.0. The first-order valence-corrected chi connectivity index (χ1v) is 10.4. The average molecular weight is 453 g/mol. The molecule has 0 fully saturated rings. The van der Waals surface area contributed by atoms with Gasteiger partial charge in [0.15, 0.2) is 5.78 Å². The van der Waals surface area contributed by atoms with E-state index in [0.29, 0.717) is 28.0 Å². The van der Waals surface area contributed by atoms with Crippen molar-refractivity contribution < 1.29 is 14.3 Å². The second-order valence-electron chi connectivity index (χ2n) is 6.78. The Bertz CT molecular complexity index is 1120. The number of halogens is 2. The van der Waals surface area contributed by atoms with Gasteiger partial charge < -0.3 is 9.47 Å². The normalized spacial score (nSPS) is 10.8. The number of ether oxygens (including phenoxy) is 2. The van der Waals surface area contributed by atoms with Crippen LogP contribution in [0.15, 0.2) is 79.4 Å². The van der Waals surface area contributed by atoms with E-state index in [1.165, 1.54) is 6.08 Å². The number of methoxy groups -OCH3 is 1. The van der Waals surface area contributed by atoms with Crippen LogP contribution in [0.4, 0.5) is 0 Å². The quantitative estimate of drug-likeness (QED) is 0.195. The molecule has 5 heteroatoms. The predicted octanol–water partition coefficient (Wildman–Crippen LogP) is 7.21. The van der Waals surface area contributed by atoms with Gasteiger partial charge in [-0.25, -0.2) is 0 Å². The average Bonchev–Trinajstić information content (AvgIpc) is 2.77. The molecule has 0 radical (unpaired) electrons. The van der Waals surface area contributed by atoms with Crippen LogP contribution >= 0.6 is 23.2 Å². The summed E-state index contributed by atoms with van der Waals surface area (Å²) < 4.78 is 11.5. The monoisotopic (exact) mass is 452 g/mol. The van der Waals surface area contributed by atoms with E-state index in [1.807, 2.05) is 48.5 Å². The molecule has 0 unspecified atom stereocenters. The van der Waals surface area contributed by atoms with E-state index in [1.54, 1.807) is 31.4 Å². The van der Waals surface area contributed by atoms with Crippen molar-refractivity contribution >= 4 is 35.1 Å². The highest BCUT2D eigenvalue weighted by Crippen LogP contribution is 2.26. The molecule has 0 amide bonds. The summed E-state index contributed by atoms with van der Waals surface area (Å²) in [5.74, 6) is 1.32. The van der Waals surface area contributed by atoms with Gasteiger partial charge in [0.1, 0.15) is 18.1 Å². The Morgan fingerprint density at radius 2 is 1.81 bits per heavy atom.